The Labute approximate surface area is 111 Å². The number of amides is 1. The van der Waals surface area contributed by atoms with E-state index in [0.717, 1.165) is 0 Å². The van der Waals surface area contributed by atoms with Gasteiger partial charge in [0.15, 0.2) is 6.10 Å². The minimum Gasteiger partial charge on any atom is -0.479 e. The monoisotopic (exact) mass is 269 g/mol. The lowest BCUT2D eigenvalue weighted by Crippen LogP contribution is -2.36. The standard InChI is InChI=1S/C13H16ClNO3/c1-3-7-15-13(17)9(2)18-12-10(8-16)5-4-6-11(12)14/h3-6,9,16H,1,7-8H2,2H3,(H,15,17). The lowest BCUT2D eigenvalue weighted by Gasteiger charge is -2.17. The molecule has 0 aromatic heterocycles. The number of para-hydroxylation sites is 1. The smallest absolute Gasteiger partial charge is 0.261 e. The Morgan fingerprint density at radius 3 is 3.00 bits per heavy atom. The van der Waals surface area contributed by atoms with E-state index < -0.39 is 6.10 Å². The van der Waals surface area contributed by atoms with Crippen LogP contribution in [0.15, 0.2) is 30.9 Å². The topological polar surface area (TPSA) is 58.6 Å². The Kier molecular flexibility index (Phi) is 5.68. The van der Waals surface area contributed by atoms with Gasteiger partial charge in [-0.1, -0.05) is 29.8 Å². The maximum atomic E-state index is 11.6. The number of carbonyl (C=O) groups is 1. The van der Waals surface area contributed by atoms with E-state index in [1.807, 2.05) is 0 Å². The summed E-state index contributed by atoms with van der Waals surface area (Å²) in [7, 11) is 0. The minimum atomic E-state index is -0.699. The molecular formula is C13H16ClNO3. The molecule has 1 atom stereocenters. The van der Waals surface area contributed by atoms with Crippen molar-refractivity contribution in [1.82, 2.24) is 5.32 Å². The van der Waals surface area contributed by atoms with E-state index in [-0.39, 0.29) is 12.5 Å². The Morgan fingerprint density at radius 1 is 1.67 bits per heavy atom. The van der Waals surface area contributed by atoms with E-state index in [2.05, 4.69) is 11.9 Å². The summed E-state index contributed by atoms with van der Waals surface area (Å²) >= 11 is 5.98. The van der Waals surface area contributed by atoms with Crippen molar-refractivity contribution in [2.75, 3.05) is 6.54 Å². The molecule has 1 amide bonds. The average Bonchev–Trinajstić information content (AvgIpc) is 2.38. The Morgan fingerprint density at radius 2 is 2.39 bits per heavy atom. The molecule has 0 saturated heterocycles. The van der Waals surface area contributed by atoms with E-state index in [4.69, 9.17) is 16.3 Å². The van der Waals surface area contributed by atoms with Gasteiger partial charge in [0, 0.05) is 12.1 Å². The lowest BCUT2D eigenvalue weighted by molar-refractivity contribution is -0.127. The van der Waals surface area contributed by atoms with Gasteiger partial charge in [-0.15, -0.1) is 6.58 Å². The van der Waals surface area contributed by atoms with Crippen LogP contribution in [-0.2, 0) is 11.4 Å². The van der Waals surface area contributed by atoms with E-state index in [1.54, 1.807) is 31.2 Å². The number of nitrogens with one attached hydrogen (secondary N) is 1. The Hall–Kier alpha value is -1.52. The van der Waals surface area contributed by atoms with Gasteiger partial charge in [-0.05, 0) is 13.0 Å². The third-order valence-electron chi connectivity index (χ3n) is 2.30. The second-order valence-electron chi connectivity index (χ2n) is 3.68. The number of carbonyl (C=O) groups excluding carboxylic acids is 1. The number of hydrogen-bond acceptors (Lipinski definition) is 3. The summed E-state index contributed by atoms with van der Waals surface area (Å²) in [6.07, 6.45) is 0.884. The molecule has 0 radical (unpaired) electrons. The molecule has 0 aliphatic rings. The van der Waals surface area contributed by atoms with Crippen LogP contribution >= 0.6 is 11.6 Å². The van der Waals surface area contributed by atoms with Gasteiger partial charge in [0.1, 0.15) is 5.75 Å². The van der Waals surface area contributed by atoms with E-state index in [1.165, 1.54) is 0 Å². The van der Waals surface area contributed by atoms with Crippen LogP contribution in [0.1, 0.15) is 12.5 Å². The Bertz CT molecular complexity index is 434. The van der Waals surface area contributed by atoms with Crippen molar-refractivity contribution >= 4 is 17.5 Å². The number of aliphatic hydroxyl groups is 1. The predicted molar refractivity (Wildman–Crippen MR) is 70.7 cm³/mol. The van der Waals surface area contributed by atoms with Crippen molar-refractivity contribution in [2.45, 2.75) is 19.6 Å². The van der Waals surface area contributed by atoms with Crippen molar-refractivity contribution in [1.29, 1.82) is 0 Å². The number of ether oxygens (including phenoxy) is 1. The van der Waals surface area contributed by atoms with Crippen LogP contribution in [0.3, 0.4) is 0 Å². The molecule has 0 aliphatic carbocycles. The molecule has 1 aromatic rings. The number of aliphatic hydroxyl groups excluding tert-OH is 1. The second kappa shape index (κ2) is 7.03. The van der Waals surface area contributed by atoms with Gasteiger partial charge in [0.25, 0.3) is 5.91 Å². The highest BCUT2D eigenvalue weighted by molar-refractivity contribution is 6.32. The molecule has 5 heteroatoms. The molecule has 2 N–H and O–H groups in total. The quantitative estimate of drug-likeness (QED) is 0.776. The van der Waals surface area contributed by atoms with Crippen molar-refractivity contribution in [2.24, 2.45) is 0 Å². The van der Waals surface area contributed by atoms with Gasteiger partial charge >= 0.3 is 0 Å². The molecule has 4 nitrogen and oxygen atoms in total. The molecule has 18 heavy (non-hydrogen) atoms. The van der Waals surface area contributed by atoms with Crippen LogP contribution in [0.5, 0.6) is 5.75 Å². The van der Waals surface area contributed by atoms with Crippen molar-refractivity contribution < 1.29 is 14.6 Å². The van der Waals surface area contributed by atoms with Crippen LogP contribution in [0, 0.1) is 0 Å². The second-order valence-corrected chi connectivity index (χ2v) is 4.09. The highest BCUT2D eigenvalue weighted by atomic mass is 35.5. The molecule has 0 fully saturated rings. The van der Waals surface area contributed by atoms with Crippen LogP contribution in [0.4, 0.5) is 0 Å². The minimum absolute atomic E-state index is 0.198. The number of rotatable bonds is 6. The molecular weight excluding hydrogens is 254 g/mol. The molecule has 0 spiro atoms. The summed E-state index contributed by atoms with van der Waals surface area (Å²) in [5.41, 5.74) is 0.547. The molecule has 98 valence electrons. The number of hydrogen-bond donors (Lipinski definition) is 2. The van der Waals surface area contributed by atoms with Crippen molar-refractivity contribution in [3.05, 3.63) is 41.4 Å². The van der Waals surface area contributed by atoms with Crippen molar-refractivity contribution in [3.8, 4) is 5.75 Å². The normalized spacial score (nSPS) is 11.7. The molecule has 0 heterocycles. The zero-order chi connectivity index (χ0) is 13.5. The van der Waals surface area contributed by atoms with Crippen molar-refractivity contribution in [3.63, 3.8) is 0 Å². The number of halogens is 1. The summed E-state index contributed by atoms with van der Waals surface area (Å²) in [5.74, 6) is 0.0710. The first-order valence-electron chi connectivity index (χ1n) is 5.53. The first-order valence-corrected chi connectivity index (χ1v) is 5.91. The van der Waals surface area contributed by atoms with Gasteiger partial charge in [-0.3, -0.25) is 4.79 Å². The Balaban J connectivity index is 2.77. The maximum Gasteiger partial charge on any atom is 0.261 e. The number of benzene rings is 1. The molecule has 0 bridgehead atoms. The summed E-state index contributed by atoms with van der Waals surface area (Å²) in [4.78, 5) is 11.6. The van der Waals surface area contributed by atoms with Gasteiger partial charge < -0.3 is 15.2 Å². The zero-order valence-corrected chi connectivity index (χ0v) is 10.9. The highest BCUT2D eigenvalue weighted by Crippen LogP contribution is 2.29. The molecule has 1 unspecified atom stereocenters. The van der Waals surface area contributed by atoms with Gasteiger partial charge in [0.05, 0.1) is 11.6 Å². The van der Waals surface area contributed by atoms with Crippen LogP contribution in [0.2, 0.25) is 5.02 Å². The molecule has 0 aliphatic heterocycles. The zero-order valence-electron chi connectivity index (χ0n) is 10.1. The summed E-state index contributed by atoms with van der Waals surface area (Å²) in [5, 5.41) is 12.2. The van der Waals surface area contributed by atoms with Gasteiger partial charge in [-0.2, -0.15) is 0 Å². The summed E-state index contributed by atoms with van der Waals surface area (Å²) in [6.45, 7) is 5.30. The lowest BCUT2D eigenvalue weighted by atomic mass is 10.2. The van der Waals surface area contributed by atoms with E-state index in [9.17, 15) is 9.90 Å². The first-order chi connectivity index (χ1) is 8.60. The van der Waals surface area contributed by atoms with E-state index in [0.29, 0.717) is 22.9 Å². The fraction of sp³-hybridized carbons (Fsp3) is 0.308. The third kappa shape index (κ3) is 3.75. The molecule has 1 rings (SSSR count). The predicted octanol–water partition coefficient (Wildman–Crippen LogP) is 1.90. The largest absolute Gasteiger partial charge is 0.479 e. The van der Waals surface area contributed by atoms with Gasteiger partial charge in [0.2, 0.25) is 0 Å². The fourth-order valence-corrected chi connectivity index (χ4v) is 1.60. The van der Waals surface area contributed by atoms with Crippen LogP contribution < -0.4 is 10.1 Å². The highest BCUT2D eigenvalue weighted by Gasteiger charge is 2.17. The summed E-state index contributed by atoms with van der Waals surface area (Å²) in [6, 6.07) is 5.04. The molecule has 1 aromatic carbocycles. The van der Waals surface area contributed by atoms with Crippen LogP contribution in [0.25, 0.3) is 0 Å². The fourth-order valence-electron chi connectivity index (χ4n) is 1.36. The summed E-state index contributed by atoms with van der Waals surface area (Å²) < 4.78 is 5.49. The van der Waals surface area contributed by atoms with Gasteiger partial charge in [-0.25, -0.2) is 0 Å². The maximum absolute atomic E-state index is 11.6. The van der Waals surface area contributed by atoms with Crippen LogP contribution in [-0.4, -0.2) is 23.7 Å². The first kappa shape index (κ1) is 14.5. The third-order valence-corrected chi connectivity index (χ3v) is 2.60. The van der Waals surface area contributed by atoms with E-state index >= 15 is 0 Å². The molecule has 0 saturated carbocycles. The average molecular weight is 270 g/mol. The SMILES string of the molecule is C=CCNC(=O)C(C)Oc1c(Cl)cccc1CO.